The van der Waals surface area contributed by atoms with Gasteiger partial charge in [-0.25, -0.2) is 8.42 Å². The van der Waals surface area contributed by atoms with E-state index < -0.39 is 20.1 Å². The van der Waals surface area contributed by atoms with E-state index in [4.69, 9.17) is 0 Å². The van der Waals surface area contributed by atoms with Crippen LogP contribution in [0.2, 0.25) is 0 Å². The number of carbonyl (C=O) groups excluding carboxylic acids is 1. The molecule has 20 heavy (non-hydrogen) atoms. The van der Waals surface area contributed by atoms with Gasteiger partial charge in [0, 0.05) is 32.6 Å². The molecule has 1 aliphatic rings. The van der Waals surface area contributed by atoms with Gasteiger partial charge in [0.2, 0.25) is 0 Å². The highest BCUT2D eigenvalue weighted by Gasteiger charge is 2.36. The second-order valence-corrected chi connectivity index (χ2v) is 9.76. The SMILES string of the molecule is CC(C)(C(=O)CCS(=O)(=O)C(C)(C)C)N1CCNCC1. The molecule has 0 spiro atoms. The Morgan fingerprint density at radius 3 is 2.05 bits per heavy atom. The zero-order chi connectivity index (χ0) is 15.6. The van der Waals surface area contributed by atoms with Crippen LogP contribution in [0.1, 0.15) is 41.0 Å². The van der Waals surface area contributed by atoms with Gasteiger partial charge in [0.05, 0.1) is 16.0 Å². The van der Waals surface area contributed by atoms with Gasteiger partial charge in [-0.05, 0) is 34.6 Å². The van der Waals surface area contributed by atoms with Crippen molar-refractivity contribution in [3.8, 4) is 0 Å². The van der Waals surface area contributed by atoms with Crippen LogP contribution < -0.4 is 5.32 Å². The monoisotopic (exact) mass is 304 g/mol. The second kappa shape index (κ2) is 6.12. The molecule has 0 aromatic heterocycles. The normalized spacial score (nSPS) is 19.1. The van der Waals surface area contributed by atoms with Crippen LogP contribution in [-0.2, 0) is 14.6 Å². The third-order valence-corrected chi connectivity index (χ3v) is 6.73. The van der Waals surface area contributed by atoms with Gasteiger partial charge in [-0.1, -0.05) is 0 Å². The summed E-state index contributed by atoms with van der Waals surface area (Å²) in [6, 6.07) is 0. The van der Waals surface area contributed by atoms with Crippen molar-refractivity contribution in [1.82, 2.24) is 10.2 Å². The smallest absolute Gasteiger partial charge is 0.155 e. The number of ketones is 1. The lowest BCUT2D eigenvalue weighted by Crippen LogP contribution is -2.57. The largest absolute Gasteiger partial charge is 0.314 e. The summed E-state index contributed by atoms with van der Waals surface area (Å²) >= 11 is 0. The van der Waals surface area contributed by atoms with Crippen molar-refractivity contribution >= 4 is 15.6 Å². The summed E-state index contributed by atoms with van der Waals surface area (Å²) in [7, 11) is -3.24. The van der Waals surface area contributed by atoms with Crippen molar-refractivity contribution in [1.29, 1.82) is 0 Å². The summed E-state index contributed by atoms with van der Waals surface area (Å²) in [4.78, 5) is 14.5. The fraction of sp³-hybridized carbons (Fsp3) is 0.929. The standard InChI is InChI=1S/C14H28N2O3S/c1-13(2,3)20(18,19)11-6-12(17)14(4,5)16-9-7-15-8-10-16/h15H,6-11H2,1-5H3. The molecule has 0 aromatic rings. The van der Waals surface area contributed by atoms with E-state index in [1.54, 1.807) is 20.8 Å². The molecule has 0 amide bonds. The van der Waals surface area contributed by atoms with Gasteiger partial charge >= 0.3 is 0 Å². The van der Waals surface area contributed by atoms with E-state index in [2.05, 4.69) is 10.2 Å². The molecule has 0 bridgehead atoms. The average molecular weight is 304 g/mol. The van der Waals surface area contributed by atoms with E-state index in [1.165, 1.54) is 0 Å². The second-order valence-electron chi connectivity index (χ2n) is 6.90. The molecule has 1 saturated heterocycles. The van der Waals surface area contributed by atoms with Gasteiger partial charge in [-0.3, -0.25) is 9.69 Å². The number of nitrogens with zero attached hydrogens (tertiary/aromatic N) is 1. The van der Waals surface area contributed by atoms with Gasteiger partial charge in [0.1, 0.15) is 0 Å². The molecule has 0 unspecified atom stereocenters. The van der Waals surface area contributed by atoms with E-state index >= 15 is 0 Å². The molecule has 0 aromatic carbocycles. The minimum atomic E-state index is -3.24. The molecule has 0 aliphatic carbocycles. The molecule has 5 nitrogen and oxygen atoms in total. The maximum atomic E-state index is 12.4. The van der Waals surface area contributed by atoms with Crippen LogP contribution in [0.15, 0.2) is 0 Å². The van der Waals surface area contributed by atoms with Crippen LogP contribution in [0.25, 0.3) is 0 Å². The zero-order valence-corrected chi connectivity index (χ0v) is 14.1. The number of sulfone groups is 1. The van der Waals surface area contributed by atoms with Gasteiger partial charge in [-0.2, -0.15) is 0 Å². The zero-order valence-electron chi connectivity index (χ0n) is 13.3. The minimum Gasteiger partial charge on any atom is -0.314 e. The van der Waals surface area contributed by atoms with Crippen LogP contribution in [0.4, 0.5) is 0 Å². The van der Waals surface area contributed by atoms with E-state index in [0.29, 0.717) is 0 Å². The lowest BCUT2D eigenvalue weighted by atomic mass is 9.94. The molecule has 0 atom stereocenters. The fourth-order valence-electron chi connectivity index (χ4n) is 2.24. The molecule has 0 radical (unpaired) electrons. The molecule has 118 valence electrons. The topological polar surface area (TPSA) is 66.5 Å². The third-order valence-electron chi connectivity index (χ3n) is 4.12. The first-order valence-corrected chi connectivity index (χ1v) is 8.85. The Kier molecular flexibility index (Phi) is 5.38. The van der Waals surface area contributed by atoms with Gasteiger partial charge in [0.15, 0.2) is 15.6 Å². The van der Waals surface area contributed by atoms with E-state index in [9.17, 15) is 13.2 Å². The maximum absolute atomic E-state index is 12.4. The summed E-state index contributed by atoms with van der Waals surface area (Å²) < 4.78 is 23.4. The molecular weight excluding hydrogens is 276 g/mol. The Hall–Kier alpha value is -0.460. The maximum Gasteiger partial charge on any atom is 0.155 e. The van der Waals surface area contributed by atoms with Crippen molar-refractivity contribution in [2.24, 2.45) is 0 Å². The van der Waals surface area contributed by atoms with E-state index in [0.717, 1.165) is 26.2 Å². The van der Waals surface area contributed by atoms with Crippen molar-refractivity contribution in [2.45, 2.75) is 51.3 Å². The number of rotatable bonds is 5. The fourth-order valence-corrected chi connectivity index (χ4v) is 3.31. The van der Waals surface area contributed by atoms with Gasteiger partial charge < -0.3 is 5.32 Å². The first-order valence-electron chi connectivity index (χ1n) is 7.20. The predicted molar refractivity (Wildman–Crippen MR) is 81.7 cm³/mol. The highest BCUT2D eigenvalue weighted by Crippen LogP contribution is 2.21. The number of hydrogen-bond donors (Lipinski definition) is 1. The average Bonchev–Trinajstić information content (AvgIpc) is 2.35. The van der Waals surface area contributed by atoms with Gasteiger partial charge in [0.25, 0.3) is 0 Å². The molecule has 0 saturated carbocycles. The Morgan fingerprint density at radius 2 is 1.60 bits per heavy atom. The number of nitrogens with one attached hydrogen (secondary N) is 1. The minimum absolute atomic E-state index is 0.00669. The summed E-state index contributed by atoms with van der Waals surface area (Å²) in [6.07, 6.45) is 0.0938. The predicted octanol–water partition coefficient (Wildman–Crippen LogP) is 0.843. The molecular formula is C14H28N2O3S. The molecule has 1 aliphatic heterocycles. The summed E-state index contributed by atoms with van der Waals surface area (Å²) in [6.45, 7) is 12.2. The Bertz CT molecular complexity index is 444. The van der Waals surface area contributed by atoms with Crippen molar-refractivity contribution in [3.63, 3.8) is 0 Å². The summed E-state index contributed by atoms with van der Waals surface area (Å²) in [5.41, 5.74) is -0.588. The molecule has 1 N–H and O–H groups in total. The van der Waals surface area contributed by atoms with E-state index in [1.807, 2.05) is 13.8 Å². The third kappa shape index (κ3) is 4.02. The lowest BCUT2D eigenvalue weighted by Gasteiger charge is -2.40. The molecule has 6 heteroatoms. The van der Waals surface area contributed by atoms with Crippen molar-refractivity contribution in [2.75, 3.05) is 31.9 Å². The van der Waals surface area contributed by atoms with Crippen LogP contribution in [0.3, 0.4) is 0 Å². The summed E-state index contributed by atoms with van der Waals surface area (Å²) in [5.74, 6) is -0.0579. The first-order chi connectivity index (χ1) is 8.98. The lowest BCUT2D eigenvalue weighted by molar-refractivity contribution is -0.129. The van der Waals surface area contributed by atoms with Crippen LogP contribution >= 0.6 is 0 Å². The molecule has 1 fully saturated rings. The Balaban J connectivity index is 2.66. The first kappa shape index (κ1) is 17.6. The van der Waals surface area contributed by atoms with Gasteiger partial charge in [-0.15, -0.1) is 0 Å². The number of carbonyl (C=O) groups is 1. The van der Waals surface area contributed by atoms with Crippen LogP contribution in [-0.4, -0.2) is 61.3 Å². The Labute approximate surface area is 123 Å². The molecule has 1 rings (SSSR count). The summed E-state index contributed by atoms with van der Waals surface area (Å²) in [5, 5.41) is 3.25. The van der Waals surface area contributed by atoms with Crippen molar-refractivity contribution < 1.29 is 13.2 Å². The Morgan fingerprint density at radius 1 is 1.10 bits per heavy atom. The highest BCUT2D eigenvalue weighted by molar-refractivity contribution is 7.92. The highest BCUT2D eigenvalue weighted by atomic mass is 32.2. The van der Waals surface area contributed by atoms with Crippen molar-refractivity contribution in [3.05, 3.63) is 0 Å². The number of piperazine rings is 1. The van der Waals surface area contributed by atoms with E-state index in [-0.39, 0.29) is 18.0 Å². The number of hydrogen-bond acceptors (Lipinski definition) is 5. The van der Waals surface area contributed by atoms with Crippen LogP contribution in [0, 0.1) is 0 Å². The van der Waals surface area contributed by atoms with Crippen LogP contribution in [0.5, 0.6) is 0 Å². The quantitative estimate of drug-likeness (QED) is 0.815. The number of Topliss-reactive ketones (excluding diaryl/α,β-unsaturated/α-hetero) is 1. The molecule has 1 heterocycles.